The van der Waals surface area contributed by atoms with Gasteiger partial charge in [-0.2, -0.15) is 0 Å². The number of aryl methyl sites for hydroxylation is 2. The van der Waals surface area contributed by atoms with Gasteiger partial charge in [-0.1, -0.05) is 25.1 Å². The summed E-state index contributed by atoms with van der Waals surface area (Å²) in [5.41, 5.74) is 3.80. The molecule has 0 aliphatic heterocycles. The lowest BCUT2D eigenvalue weighted by Gasteiger charge is -2.18. The van der Waals surface area contributed by atoms with E-state index in [1.54, 1.807) is 19.4 Å². The second-order valence-electron chi connectivity index (χ2n) is 5.75. The Kier molecular flexibility index (Phi) is 6.07. The van der Waals surface area contributed by atoms with E-state index in [9.17, 15) is 9.59 Å². The molecule has 0 unspecified atom stereocenters. The maximum absolute atomic E-state index is 12.3. The van der Waals surface area contributed by atoms with Gasteiger partial charge in [0.25, 0.3) is 0 Å². The minimum absolute atomic E-state index is 0.477. The quantitative estimate of drug-likeness (QED) is 0.860. The average Bonchev–Trinajstić information content (AvgIpc) is 2.61. The predicted octanol–water partition coefficient (Wildman–Crippen LogP) is 2.59. The van der Waals surface area contributed by atoms with Crippen LogP contribution in [-0.2, 0) is 22.4 Å². The van der Waals surface area contributed by atoms with Gasteiger partial charge in [0, 0.05) is 31.7 Å². The van der Waals surface area contributed by atoms with Crippen molar-refractivity contribution in [1.29, 1.82) is 0 Å². The molecular formula is C19H23N3O2. The molecular weight excluding hydrogens is 302 g/mol. The number of likely N-dealkylation sites (N-methyl/N-ethyl adjacent to an activating group) is 1. The fraction of sp³-hybridized carbons (Fsp3) is 0.316. The largest absolute Gasteiger partial charge is 0.337 e. The molecule has 0 fully saturated rings. The molecule has 2 aromatic rings. The van der Waals surface area contributed by atoms with E-state index >= 15 is 0 Å². The van der Waals surface area contributed by atoms with E-state index in [1.807, 2.05) is 44.2 Å². The Morgan fingerprint density at radius 3 is 2.54 bits per heavy atom. The van der Waals surface area contributed by atoms with Gasteiger partial charge >= 0.3 is 11.8 Å². The van der Waals surface area contributed by atoms with Gasteiger partial charge in [0.05, 0.1) is 0 Å². The molecule has 1 N–H and O–H groups in total. The number of rotatable bonds is 5. The van der Waals surface area contributed by atoms with Crippen LogP contribution in [0.5, 0.6) is 0 Å². The Labute approximate surface area is 142 Å². The van der Waals surface area contributed by atoms with Crippen LogP contribution in [0, 0.1) is 6.92 Å². The van der Waals surface area contributed by atoms with E-state index in [-0.39, 0.29) is 0 Å². The summed E-state index contributed by atoms with van der Waals surface area (Å²) >= 11 is 0. The maximum Gasteiger partial charge on any atom is 0.313 e. The average molecular weight is 325 g/mol. The molecule has 5 nitrogen and oxygen atoms in total. The number of amides is 2. The van der Waals surface area contributed by atoms with Crippen LogP contribution in [0.25, 0.3) is 0 Å². The summed E-state index contributed by atoms with van der Waals surface area (Å²) in [5, 5.41) is 2.77. The van der Waals surface area contributed by atoms with Crippen molar-refractivity contribution in [3.05, 3.63) is 59.4 Å². The van der Waals surface area contributed by atoms with Crippen LogP contribution in [-0.4, -0.2) is 35.3 Å². The fourth-order valence-electron chi connectivity index (χ4n) is 2.49. The van der Waals surface area contributed by atoms with E-state index < -0.39 is 11.8 Å². The SMILES string of the molecule is CCc1cccc(C)c1NC(=O)C(=O)N(C)CCc1ccncc1. The molecule has 0 bridgehead atoms. The zero-order valence-corrected chi connectivity index (χ0v) is 14.4. The van der Waals surface area contributed by atoms with Gasteiger partial charge in [-0.05, 0) is 48.6 Å². The number of hydrogen-bond acceptors (Lipinski definition) is 3. The number of pyridine rings is 1. The van der Waals surface area contributed by atoms with E-state index in [4.69, 9.17) is 0 Å². The monoisotopic (exact) mass is 325 g/mol. The first-order valence-electron chi connectivity index (χ1n) is 8.06. The number of nitrogens with one attached hydrogen (secondary N) is 1. The third-order valence-corrected chi connectivity index (χ3v) is 4.00. The molecule has 0 atom stereocenters. The highest BCUT2D eigenvalue weighted by Crippen LogP contribution is 2.21. The Bertz CT molecular complexity index is 714. The van der Waals surface area contributed by atoms with Gasteiger partial charge in [-0.25, -0.2) is 0 Å². The van der Waals surface area contributed by atoms with Crippen molar-refractivity contribution in [2.45, 2.75) is 26.7 Å². The number of hydrogen-bond donors (Lipinski definition) is 1. The van der Waals surface area contributed by atoms with Crippen LogP contribution >= 0.6 is 0 Å². The van der Waals surface area contributed by atoms with Gasteiger partial charge in [0.1, 0.15) is 0 Å². The summed E-state index contributed by atoms with van der Waals surface area (Å²) < 4.78 is 0. The molecule has 5 heteroatoms. The van der Waals surface area contributed by atoms with Gasteiger partial charge in [-0.3, -0.25) is 14.6 Å². The number of aromatic nitrogens is 1. The van der Waals surface area contributed by atoms with Crippen molar-refractivity contribution in [3.63, 3.8) is 0 Å². The molecule has 2 rings (SSSR count). The van der Waals surface area contributed by atoms with Crippen LogP contribution in [0.2, 0.25) is 0 Å². The Balaban J connectivity index is 1.98. The van der Waals surface area contributed by atoms with Crippen LogP contribution in [0.4, 0.5) is 5.69 Å². The summed E-state index contributed by atoms with van der Waals surface area (Å²) in [6.45, 7) is 4.42. The molecule has 0 spiro atoms. The highest BCUT2D eigenvalue weighted by Gasteiger charge is 2.20. The summed E-state index contributed by atoms with van der Waals surface area (Å²) in [4.78, 5) is 30.0. The summed E-state index contributed by atoms with van der Waals surface area (Å²) in [6, 6.07) is 9.64. The fourth-order valence-corrected chi connectivity index (χ4v) is 2.49. The van der Waals surface area contributed by atoms with E-state index in [2.05, 4.69) is 10.3 Å². The van der Waals surface area contributed by atoms with Crippen LogP contribution in [0.15, 0.2) is 42.7 Å². The molecule has 0 aliphatic carbocycles. The smallest absolute Gasteiger partial charge is 0.313 e. The molecule has 1 aromatic heterocycles. The summed E-state index contributed by atoms with van der Waals surface area (Å²) in [5.74, 6) is -1.13. The van der Waals surface area contributed by atoms with E-state index in [0.717, 1.165) is 28.8 Å². The zero-order chi connectivity index (χ0) is 17.5. The lowest BCUT2D eigenvalue weighted by Crippen LogP contribution is -2.38. The van der Waals surface area contributed by atoms with E-state index in [1.165, 1.54) is 4.90 Å². The number of carbonyl (C=O) groups is 2. The molecule has 1 heterocycles. The van der Waals surface area contributed by atoms with Crippen molar-refractivity contribution in [2.75, 3.05) is 18.9 Å². The number of benzene rings is 1. The minimum Gasteiger partial charge on any atom is -0.337 e. The van der Waals surface area contributed by atoms with E-state index in [0.29, 0.717) is 13.0 Å². The topological polar surface area (TPSA) is 62.3 Å². The Morgan fingerprint density at radius 2 is 1.88 bits per heavy atom. The molecule has 0 saturated carbocycles. The molecule has 2 amide bonds. The van der Waals surface area contributed by atoms with Gasteiger partial charge < -0.3 is 10.2 Å². The lowest BCUT2D eigenvalue weighted by molar-refractivity contribution is -0.142. The first kappa shape index (κ1) is 17.7. The third-order valence-electron chi connectivity index (χ3n) is 4.00. The highest BCUT2D eigenvalue weighted by molar-refractivity contribution is 6.39. The maximum atomic E-state index is 12.3. The Morgan fingerprint density at radius 1 is 1.17 bits per heavy atom. The predicted molar refractivity (Wildman–Crippen MR) is 94.8 cm³/mol. The standard InChI is InChI=1S/C19H23N3O2/c1-4-16-7-5-6-14(2)17(16)21-18(23)19(24)22(3)13-10-15-8-11-20-12-9-15/h5-9,11-12H,4,10,13H2,1-3H3,(H,21,23). The second-order valence-corrected chi connectivity index (χ2v) is 5.75. The molecule has 24 heavy (non-hydrogen) atoms. The second kappa shape index (κ2) is 8.24. The van der Waals surface area contributed by atoms with Crippen molar-refractivity contribution >= 4 is 17.5 Å². The van der Waals surface area contributed by atoms with Crippen molar-refractivity contribution in [2.24, 2.45) is 0 Å². The highest BCUT2D eigenvalue weighted by atomic mass is 16.2. The number of para-hydroxylation sites is 1. The zero-order valence-electron chi connectivity index (χ0n) is 14.4. The van der Waals surface area contributed by atoms with Crippen molar-refractivity contribution < 1.29 is 9.59 Å². The Hall–Kier alpha value is -2.69. The van der Waals surface area contributed by atoms with Gasteiger partial charge in [0.15, 0.2) is 0 Å². The first-order valence-corrected chi connectivity index (χ1v) is 8.06. The molecule has 0 saturated heterocycles. The summed E-state index contributed by atoms with van der Waals surface area (Å²) in [6.07, 6.45) is 4.91. The molecule has 0 radical (unpaired) electrons. The van der Waals surface area contributed by atoms with Crippen molar-refractivity contribution in [1.82, 2.24) is 9.88 Å². The number of carbonyl (C=O) groups excluding carboxylic acids is 2. The third kappa shape index (κ3) is 4.41. The van der Waals surface area contributed by atoms with Crippen LogP contribution < -0.4 is 5.32 Å². The molecule has 1 aromatic carbocycles. The lowest BCUT2D eigenvalue weighted by atomic mass is 10.1. The van der Waals surface area contributed by atoms with Crippen LogP contribution in [0.3, 0.4) is 0 Å². The first-order chi connectivity index (χ1) is 11.5. The van der Waals surface area contributed by atoms with Gasteiger partial charge in [0.2, 0.25) is 0 Å². The van der Waals surface area contributed by atoms with Crippen LogP contribution in [0.1, 0.15) is 23.6 Å². The molecule has 0 aliphatic rings. The minimum atomic E-state index is -0.601. The summed E-state index contributed by atoms with van der Waals surface area (Å²) in [7, 11) is 1.64. The number of nitrogens with zero attached hydrogens (tertiary/aromatic N) is 2. The van der Waals surface area contributed by atoms with Gasteiger partial charge in [-0.15, -0.1) is 0 Å². The molecule has 126 valence electrons. The van der Waals surface area contributed by atoms with Crippen molar-refractivity contribution in [3.8, 4) is 0 Å². The number of anilines is 1. The normalized spacial score (nSPS) is 10.3.